The van der Waals surface area contributed by atoms with Gasteiger partial charge in [-0.3, -0.25) is 0 Å². The molecule has 17 heavy (non-hydrogen) atoms. The Labute approximate surface area is 102 Å². The van der Waals surface area contributed by atoms with Gasteiger partial charge in [-0.1, -0.05) is 0 Å². The summed E-state index contributed by atoms with van der Waals surface area (Å²) in [6.07, 6.45) is 4.29. The molecule has 0 N–H and O–H groups in total. The van der Waals surface area contributed by atoms with Gasteiger partial charge in [0.1, 0.15) is 11.9 Å². The number of hydrogen-bond acceptors (Lipinski definition) is 4. The van der Waals surface area contributed by atoms with Crippen LogP contribution in [0.15, 0.2) is 18.3 Å². The van der Waals surface area contributed by atoms with Gasteiger partial charge in [0.05, 0.1) is 5.56 Å². The van der Waals surface area contributed by atoms with E-state index in [0.29, 0.717) is 5.56 Å². The molecular weight excluding hydrogens is 212 g/mol. The molecule has 0 bridgehead atoms. The average molecular weight is 230 g/mol. The number of rotatable bonds is 4. The third kappa shape index (κ3) is 3.18. The molecule has 0 unspecified atom stereocenters. The van der Waals surface area contributed by atoms with E-state index in [9.17, 15) is 0 Å². The van der Waals surface area contributed by atoms with Crippen LogP contribution in [0.1, 0.15) is 18.4 Å². The first-order chi connectivity index (χ1) is 8.29. The van der Waals surface area contributed by atoms with Gasteiger partial charge in [-0.15, -0.1) is 0 Å². The molecule has 0 amide bonds. The zero-order valence-corrected chi connectivity index (χ0v) is 10.3. The molecule has 1 fully saturated rings. The van der Waals surface area contributed by atoms with Crippen LogP contribution in [-0.2, 0) is 0 Å². The molecule has 2 rings (SSSR count). The van der Waals surface area contributed by atoms with Gasteiger partial charge < -0.3 is 9.80 Å². The number of hydrogen-bond donors (Lipinski definition) is 0. The van der Waals surface area contributed by atoms with Crippen LogP contribution in [-0.4, -0.2) is 43.1 Å². The molecule has 0 aromatic carbocycles. The van der Waals surface area contributed by atoms with Crippen molar-refractivity contribution in [1.82, 2.24) is 9.88 Å². The summed E-state index contributed by atoms with van der Waals surface area (Å²) in [6.45, 7) is 4.54. The minimum Gasteiger partial charge on any atom is -0.358 e. The van der Waals surface area contributed by atoms with Gasteiger partial charge in [0.15, 0.2) is 0 Å². The average Bonchev–Trinajstić information content (AvgIpc) is 2.89. The molecule has 0 aliphatic carbocycles. The zero-order valence-electron chi connectivity index (χ0n) is 10.3. The summed E-state index contributed by atoms with van der Waals surface area (Å²) in [5.41, 5.74) is 0.613. The second-order valence-corrected chi connectivity index (χ2v) is 4.49. The molecule has 4 nitrogen and oxygen atoms in total. The summed E-state index contributed by atoms with van der Waals surface area (Å²) >= 11 is 0. The van der Waals surface area contributed by atoms with Gasteiger partial charge in [0, 0.05) is 26.3 Å². The fraction of sp³-hybridized carbons (Fsp3) is 0.538. The molecule has 1 aliphatic rings. The Bertz CT molecular complexity index is 387. The Hall–Kier alpha value is -1.60. The van der Waals surface area contributed by atoms with Gasteiger partial charge in [-0.05, 0) is 38.1 Å². The van der Waals surface area contributed by atoms with E-state index in [1.165, 1.54) is 25.9 Å². The first-order valence-electron chi connectivity index (χ1n) is 6.09. The molecule has 2 heterocycles. The van der Waals surface area contributed by atoms with Gasteiger partial charge in [-0.2, -0.15) is 5.26 Å². The Morgan fingerprint density at radius 1 is 1.41 bits per heavy atom. The minimum atomic E-state index is 0.613. The summed E-state index contributed by atoms with van der Waals surface area (Å²) < 4.78 is 0. The summed E-state index contributed by atoms with van der Waals surface area (Å²) in [5, 5.41) is 8.70. The molecule has 0 radical (unpaired) electrons. The first-order valence-corrected chi connectivity index (χ1v) is 6.09. The second kappa shape index (κ2) is 5.65. The van der Waals surface area contributed by atoms with Crippen molar-refractivity contribution < 1.29 is 0 Å². The van der Waals surface area contributed by atoms with E-state index >= 15 is 0 Å². The molecule has 1 aromatic heterocycles. The Morgan fingerprint density at radius 3 is 2.76 bits per heavy atom. The predicted octanol–water partition coefficient (Wildman–Crippen LogP) is 1.49. The summed E-state index contributed by atoms with van der Waals surface area (Å²) in [7, 11) is 2.05. The summed E-state index contributed by atoms with van der Waals surface area (Å²) in [5.74, 6) is 0.934. The van der Waals surface area contributed by atoms with Crippen LogP contribution >= 0.6 is 0 Å². The summed E-state index contributed by atoms with van der Waals surface area (Å²) in [4.78, 5) is 8.90. The van der Waals surface area contributed by atoms with Gasteiger partial charge in [-0.25, -0.2) is 4.98 Å². The SMILES string of the molecule is CN(CCN1CCCC1)c1ccc(C#N)cn1. The standard InChI is InChI=1S/C13H18N4/c1-16(8-9-17-6-2-3-7-17)13-5-4-12(10-14)11-15-13/h4-5,11H,2-3,6-9H2,1H3. The lowest BCUT2D eigenvalue weighted by Gasteiger charge is -2.22. The lowest BCUT2D eigenvalue weighted by molar-refractivity contribution is 0.346. The highest BCUT2D eigenvalue weighted by atomic mass is 15.2. The lowest BCUT2D eigenvalue weighted by Crippen LogP contribution is -2.31. The predicted molar refractivity (Wildman–Crippen MR) is 67.9 cm³/mol. The van der Waals surface area contributed by atoms with Gasteiger partial charge >= 0.3 is 0 Å². The molecule has 0 atom stereocenters. The van der Waals surface area contributed by atoms with Crippen LogP contribution < -0.4 is 4.90 Å². The third-order valence-corrected chi connectivity index (χ3v) is 3.22. The van der Waals surface area contributed by atoms with Crippen molar-refractivity contribution in [1.29, 1.82) is 5.26 Å². The molecule has 1 saturated heterocycles. The number of anilines is 1. The molecule has 1 aliphatic heterocycles. The number of likely N-dealkylation sites (tertiary alicyclic amines) is 1. The second-order valence-electron chi connectivity index (χ2n) is 4.49. The van der Waals surface area contributed by atoms with E-state index in [2.05, 4.69) is 20.9 Å². The van der Waals surface area contributed by atoms with E-state index in [-0.39, 0.29) is 0 Å². The smallest absolute Gasteiger partial charge is 0.128 e. The van der Waals surface area contributed by atoms with Gasteiger partial charge in [0.2, 0.25) is 0 Å². The number of nitriles is 1. The fourth-order valence-corrected chi connectivity index (χ4v) is 2.09. The van der Waals surface area contributed by atoms with Crippen molar-refractivity contribution in [2.45, 2.75) is 12.8 Å². The van der Waals surface area contributed by atoms with Crippen molar-refractivity contribution in [3.8, 4) is 6.07 Å². The van der Waals surface area contributed by atoms with Crippen molar-refractivity contribution in [3.05, 3.63) is 23.9 Å². The Kier molecular flexibility index (Phi) is 3.94. The highest BCUT2D eigenvalue weighted by Gasteiger charge is 2.12. The molecule has 1 aromatic rings. The van der Waals surface area contributed by atoms with Crippen LogP contribution in [0, 0.1) is 11.3 Å². The maximum Gasteiger partial charge on any atom is 0.128 e. The zero-order chi connectivity index (χ0) is 12.1. The van der Waals surface area contributed by atoms with Gasteiger partial charge in [0.25, 0.3) is 0 Å². The van der Waals surface area contributed by atoms with E-state index in [1.54, 1.807) is 6.20 Å². The van der Waals surface area contributed by atoms with E-state index in [0.717, 1.165) is 18.9 Å². The highest BCUT2D eigenvalue weighted by molar-refractivity contribution is 5.40. The molecule has 0 saturated carbocycles. The van der Waals surface area contributed by atoms with Crippen molar-refractivity contribution >= 4 is 5.82 Å². The first kappa shape index (κ1) is 11.9. The van der Waals surface area contributed by atoms with Crippen molar-refractivity contribution in [2.24, 2.45) is 0 Å². The lowest BCUT2D eigenvalue weighted by atomic mass is 10.3. The number of likely N-dealkylation sites (N-methyl/N-ethyl adjacent to an activating group) is 1. The van der Waals surface area contributed by atoms with Crippen LogP contribution in [0.4, 0.5) is 5.82 Å². The van der Waals surface area contributed by atoms with Crippen LogP contribution in [0.3, 0.4) is 0 Å². The largest absolute Gasteiger partial charge is 0.358 e. The summed E-state index contributed by atoms with van der Waals surface area (Å²) in [6, 6.07) is 5.80. The molecule has 4 heteroatoms. The Morgan fingerprint density at radius 2 is 2.18 bits per heavy atom. The van der Waals surface area contributed by atoms with E-state index in [4.69, 9.17) is 5.26 Å². The number of nitrogens with zero attached hydrogens (tertiary/aromatic N) is 4. The molecular formula is C13H18N4. The highest BCUT2D eigenvalue weighted by Crippen LogP contribution is 2.11. The fourth-order valence-electron chi connectivity index (χ4n) is 2.09. The number of aromatic nitrogens is 1. The van der Waals surface area contributed by atoms with Crippen molar-refractivity contribution in [3.63, 3.8) is 0 Å². The normalized spacial score (nSPS) is 15.8. The van der Waals surface area contributed by atoms with Crippen molar-refractivity contribution in [2.75, 3.05) is 38.1 Å². The third-order valence-electron chi connectivity index (χ3n) is 3.22. The topological polar surface area (TPSA) is 43.2 Å². The number of pyridine rings is 1. The monoisotopic (exact) mass is 230 g/mol. The van der Waals surface area contributed by atoms with E-state index in [1.807, 2.05) is 19.2 Å². The van der Waals surface area contributed by atoms with E-state index < -0.39 is 0 Å². The Balaban J connectivity index is 1.85. The van der Waals surface area contributed by atoms with Crippen LogP contribution in [0.25, 0.3) is 0 Å². The molecule has 90 valence electrons. The molecule has 0 spiro atoms. The maximum absolute atomic E-state index is 8.70. The quantitative estimate of drug-likeness (QED) is 0.786. The maximum atomic E-state index is 8.70. The van der Waals surface area contributed by atoms with Crippen LogP contribution in [0.5, 0.6) is 0 Å². The van der Waals surface area contributed by atoms with Crippen LogP contribution in [0.2, 0.25) is 0 Å². The minimum absolute atomic E-state index is 0.613.